The zero-order valence-corrected chi connectivity index (χ0v) is 26.8. The molecule has 1 aliphatic rings. The number of hydrogen-bond acceptors (Lipinski definition) is 11. The van der Waals surface area contributed by atoms with Gasteiger partial charge in [0, 0.05) is 23.7 Å². The van der Waals surface area contributed by atoms with Crippen LogP contribution in [-0.4, -0.2) is 89.4 Å². The summed E-state index contributed by atoms with van der Waals surface area (Å²) in [5, 5.41) is 42.3. The van der Waals surface area contributed by atoms with Gasteiger partial charge in [-0.15, -0.1) is 0 Å². The summed E-state index contributed by atoms with van der Waals surface area (Å²) in [6.07, 6.45) is -3.94. The number of phenolic OH excluding ortho intramolecular Hbond substituents is 1. The van der Waals surface area contributed by atoms with Gasteiger partial charge in [-0.25, -0.2) is 0 Å². The van der Waals surface area contributed by atoms with Crippen LogP contribution in [0.2, 0.25) is 0 Å². The minimum atomic E-state index is -1.68. The molecule has 0 spiro atoms. The summed E-state index contributed by atoms with van der Waals surface area (Å²) in [7, 11) is 1.53. The Morgan fingerprint density at radius 1 is 1.04 bits per heavy atom. The van der Waals surface area contributed by atoms with Gasteiger partial charge in [-0.3, -0.25) is 4.79 Å². The first kappa shape index (κ1) is 34.3. The van der Waals surface area contributed by atoms with E-state index in [0.29, 0.717) is 35.7 Å². The Kier molecular flexibility index (Phi) is 11.5. The molecule has 2 heterocycles. The first-order valence-corrected chi connectivity index (χ1v) is 15.3. The highest BCUT2D eigenvalue weighted by atomic mass is 16.7. The highest BCUT2D eigenvalue weighted by Gasteiger charge is 2.44. The van der Waals surface area contributed by atoms with E-state index in [4.69, 9.17) is 23.4 Å². The topological polar surface area (TPSA) is 151 Å². The van der Waals surface area contributed by atoms with E-state index in [1.54, 1.807) is 24.3 Å². The van der Waals surface area contributed by atoms with Crippen LogP contribution < -0.4 is 19.6 Å². The van der Waals surface area contributed by atoms with Crippen LogP contribution in [0.1, 0.15) is 46.6 Å². The average molecular weight is 628 g/mol. The molecule has 2 aromatic carbocycles. The van der Waals surface area contributed by atoms with Gasteiger partial charge in [-0.1, -0.05) is 25.5 Å². The van der Waals surface area contributed by atoms with Crippen LogP contribution in [0.3, 0.4) is 0 Å². The van der Waals surface area contributed by atoms with Gasteiger partial charge < -0.3 is 48.7 Å². The molecule has 0 aliphatic carbocycles. The largest absolute Gasteiger partial charge is 0.507 e. The van der Waals surface area contributed by atoms with Crippen molar-refractivity contribution in [2.45, 2.75) is 78.2 Å². The van der Waals surface area contributed by atoms with Crippen LogP contribution in [0.5, 0.6) is 23.0 Å². The molecule has 246 valence electrons. The van der Waals surface area contributed by atoms with Gasteiger partial charge in [-0.05, 0) is 71.0 Å². The molecular weight excluding hydrogens is 582 g/mol. The number of aliphatic hydroxyl groups is 3. The highest BCUT2D eigenvalue weighted by Crippen LogP contribution is 2.41. The van der Waals surface area contributed by atoms with E-state index in [-0.39, 0.29) is 28.2 Å². The molecule has 11 nitrogen and oxygen atoms in total. The molecule has 4 rings (SSSR count). The van der Waals surface area contributed by atoms with E-state index in [1.807, 2.05) is 19.9 Å². The summed E-state index contributed by atoms with van der Waals surface area (Å²) in [4.78, 5) is 16.5. The fraction of sp³-hybridized carbons (Fsp3) is 0.500. The number of aliphatic hydroxyl groups excluding tert-OH is 3. The number of allylic oxidation sites excluding steroid dienone is 2. The van der Waals surface area contributed by atoms with Crippen molar-refractivity contribution in [2.75, 3.05) is 33.4 Å². The second kappa shape index (κ2) is 15.1. The van der Waals surface area contributed by atoms with Crippen molar-refractivity contribution in [3.05, 3.63) is 57.8 Å². The predicted octanol–water partition coefficient (Wildman–Crippen LogP) is 4.00. The van der Waals surface area contributed by atoms with Crippen LogP contribution >= 0.6 is 0 Å². The van der Waals surface area contributed by atoms with Gasteiger partial charge in [-0.2, -0.15) is 0 Å². The number of rotatable bonds is 13. The van der Waals surface area contributed by atoms with Crippen molar-refractivity contribution in [1.29, 1.82) is 0 Å². The molecule has 0 unspecified atom stereocenters. The van der Waals surface area contributed by atoms with Crippen molar-refractivity contribution >= 4 is 11.0 Å². The second-order valence-electron chi connectivity index (χ2n) is 11.4. The lowest BCUT2D eigenvalue weighted by Gasteiger charge is -2.38. The standard InChI is InChI=1S/C34H45NO10/c1-7-35(8-2)16-9-17-42-25-18-24(36)26-28(38)33(45-34-30(40)29(39)27(37)20(5)43-34)31(21-11-13-22(41-6)14-12-21)44-32(26)23(25)15-10-19(3)4/h10-14,18,20,27,29-30,34,36-37,39-40H,7-9,15-17H2,1-6H3/t20-,27-,29+,30+,34-/m0/s1. The number of phenols is 1. The Balaban J connectivity index is 1.88. The van der Waals surface area contributed by atoms with Gasteiger partial charge in [0.05, 0.1) is 19.8 Å². The fourth-order valence-electron chi connectivity index (χ4n) is 5.26. The molecule has 0 saturated carbocycles. The van der Waals surface area contributed by atoms with Gasteiger partial charge in [0.1, 0.15) is 46.5 Å². The second-order valence-corrected chi connectivity index (χ2v) is 11.4. The van der Waals surface area contributed by atoms with E-state index < -0.39 is 36.1 Å². The molecule has 1 aromatic heterocycles. The third-order valence-corrected chi connectivity index (χ3v) is 8.05. The van der Waals surface area contributed by atoms with Crippen LogP contribution in [0.25, 0.3) is 22.3 Å². The number of fused-ring (bicyclic) bond motifs is 1. The number of aromatic hydroxyl groups is 1. The van der Waals surface area contributed by atoms with Crippen molar-refractivity contribution in [2.24, 2.45) is 0 Å². The SMILES string of the molecule is CCN(CC)CCCOc1cc(O)c2c(=O)c(O[C@@H]3O[C@@H](C)[C@H](O)[C@@H](O)[C@H]3O)c(-c3ccc(OC)cc3)oc2c1CC=C(C)C. The Morgan fingerprint density at radius 3 is 2.36 bits per heavy atom. The summed E-state index contributed by atoms with van der Waals surface area (Å²) in [6, 6.07) is 8.15. The highest BCUT2D eigenvalue weighted by molar-refractivity contribution is 5.91. The maximum Gasteiger partial charge on any atom is 0.239 e. The van der Waals surface area contributed by atoms with Gasteiger partial charge in [0.25, 0.3) is 0 Å². The number of methoxy groups -OCH3 is 1. The van der Waals surface area contributed by atoms with Crippen LogP contribution in [0.4, 0.5) is 0 Å². The number of benzene rings is 2. The number of nitrogens with zero attached hydrogens (tertiary/aromatic N) is 1. The van der Waals surface area contributed by atoms with E-state index in [9.17, 15) is 25.2 Å². The lowest BCUT2D eigenvalue weighted by Crippen LogP contribution is -2.58. The third-order valence-electron chi connectivity index (χ3n) is 8.05. The van der Waals surface area contributed by atoms with E-state index in [1.165, 1.54) is 20.1 Å². The smallest absolute Gasteiger partial charge is 0.239 e. The molecule has 5 atom stereocenters. The maximum absolute atomic E-state index is 14.2. The Hall–Kier alpha value is -3.61. The summed E-state index contributed by atoms with van der Waals surface area (Å²) in [5.41, 5.74) is 1.48. The first-order chi connectivity index (χ1) is 21.5. The Bertz CT molecular complexity index is 1520. The quantitative estimate of drug-likeness (QED) is 0.161. The monoisotopic (exact) mass is 627 g/mol. The molecular formula is C34H45NO10. The van der Waals surface area contributed by atoms with Gasteiger partial charge in [0.2, 0.25) is 17.5 Å². The van der Waals surface area contributed by atoms with Crippen LogP contribution in [0.15, 0.2) is 51.2 Å². The van der Waals surface area contributed by atoms with Crippen molar-refractivity contribution < 1.29 is 43.8 Å². The van der Waals surface area contributed by atoms with E-state index in [2.05, 4.69) is 18.7 Å². The summed E-state index contributed by atoms with van der Waals surface area (Å²) < 4.78 is 29.5. The number of ether oxygens (including phenoxy) is 4. The maximum atomic E-state index is 14.2. The first-order valence-electron chi connectivity index (χ1n) is 15.3. The Labute approximate surface area is 263 Å². The van der Waals surface area contributed by atoms with Crippen LogP contribution in [0, 0.1) is 0 Å². The van der Waals surface area contributed by atoms with E-state index >= 15 is 0 Å². The van der Waals surface area contributed by atoms with E-state index in [0.717, 1.165) is 31.6 Å². The van der Waals surface area contributed by atoms with Crippen molar-refractivity contribution in [1.82, 2.24) is 4.90 Å². The molecule has 4 N–H and O–H groups in total. The fourth-order valence-corrected chi connectivity index (χ4v) is 5.26. The lowest BCUT2D eigenvalue weighted by atomic mass is 10.00. The minimum absolute atomic E-state index is 0.00995. The molecule has 1 aliphatic heterocycles. The predicted molar refractivity (Wildman–Crippen MR) is 170 cm³/mol. The molecule has 0 bridgehead atoms. The zero-order chi connectivity index (χ0) is 32.8. The van der Waals surface area contributed by atoms with Crippen LogP contribution in [-0.2, 0) is 11.2 Å². The summed E-state index contributed by atoms with van der Waals surface area (Å²) >= 11 is 0. The molecule has 0 amide bonds. The normalized spacial score (nSPS) is 21.6. The summed E-state index contributed by atoms with van der Waals surface area (Å²) in [5.74, 6) is 0.272. The summed E-state index contributed by atoms with van der Waals surface area (Å²) in [6.45, 7) is 12.8. The minimum Gasteiger partial charge on any atom is -0.507 e. The Morgan fingerprint density at radius 2 is 1.73 bits per heavy atom. The van der Waals surface area contributed by atoms with Crippen molar-refractivity contribution in [3.8, 4) is 34.3 Å². The van der Waals surface area contributed by atoms with Crippen molar-refractivity contribution in [3.63, 3.8) is 0 Å². The lowest BCUT2D eigenvalue weighted by molar-refractivity contribution is -0.268. The van der Waals surface area contributed by atoms with Gasteiger partial charge >= 0.3 is 0 Å². The molecule has 45 heavy (non-hydrogen) atoms. The van der Waals surface area contributed by atoms with Gasteiger partial charge in [0.15, 0.2) is 5.76 Å². The molecule has 1 saturated heterocycles. The number of hydrogen-bond donors (Lipinski definition) is 4. The third kappa shape index (κ3) is 7.62. The molecule has 3 aromatic rings. The average Bonchev–Trinajstić information content (AvgIpc) is 3.03. The molecule has 11 heteroatoms. The zero-order valence-electron chi connectivity index (χ0n) is 26.8. The molecule has 0 radical (unpaired) electrons. The molecule has 1 fully saturated rings.